The van der Waals surface area contributed by atoms with Crippen LogP contribution in [0, 0.1) is 6.92 Å². The third-order valence-electron chi connectivity index (χ3n) is 3.35. The number of carbonyl (C=O) groups is 2. The van der Waals surface area contributed by atoms with E-state index in [1.165, 1.54) is 4.90 Å². The SMILES string of the molecule is CCC1Oc2ccc(C)cc2N(CC(=O)NCCN)C1=O. The fourth-order valence-electron chi connectivity index (χ4n) is 2.27. The Bertz CT molecular complexity index is 545. The van der Waals surface area contributed by atoms with Crippen LogP contribution in [0.1, 0.15) is 18.9 Å². The number of rotatable bonds is 5. The predicted molar refractivity (Wildman–Crippen MR) is 80.3 cm³/mol. The fraction of sp³-hybridized carbons (Fsp3) is 0.467. The highest BCUT2D eigenvalue weighted by molar-refractivity contribution is 6.03. The van der Waals surface area contributed by atoms with E-state index in [1.54, 1.807) is 0 Å². The highest BCUT2D eigenvalue weighted by Gasteiger charge is 2.34. The van der Waals surface area contributed by atoms with Crippen LogP contribution in [-0.2, 0) is 9.59 Å². The first-order valence-corrected chi connectivity index (χ1v) is 7.12. The molecule has 1 atom stereocenters. The summed E-state index contributed by atoms with van der Waals surface area (Å²) in [5.74, 6) is 0.232. The molecule has 1 unspecified atom stereocenters. The first-order chi connectivity index (χ1) is 10.1. The van der Waals surface area contributed by atoms with Crippen molar-refractivity contribution >= 4 is 17.5 Å². The van der Waals surface area contributed by atoms with Gasteiger partial charge in [0.15, 0.2) is 6.10 Å². The summed E-state index contributed by atoms with van der Waals surface area (Å²) in [6.45, 7) is 4.57. The Kier molecular flexibility index (Phi) is 4.80. The second-order valence-corrected chi connectivity index (χ2v) is 5.05. The summed E-state index contributed by atoms with van der Waals surface area (Å²) >= 11 is 0. The fourth-order valence-corrected chi connectivity index (χ4v) is 2.27. The summed E-state index contributed by atoms with van der Waals surface area (Å²) in [5.41, 5.74) is 7.01. The number of hydrogen-bond acceptors (Lipinski definition) is 4. The molecule has 0 aliphatic carbocycles. The lowest BCUT2D eigenvalue weighted by atomic mass is 10.1. The molecule has 1 aromatic rings. The summed E-state index contributed by atoms with van der Waals surface area (Å²) in [5, 5.41) is 2.68. The van der Waals surface area contributed by atoms with Gasteiger partial charge < -0.3 is 15.8 Å². The van der Waals surface area contributed by atoms with Crippen molar-refractivity contribution in [2.45, 2.75) is 26.4 Å². The normalized spacial score (nSPS) is 17.2. The van der Waals surface area contributed by atoms with Gasteiger partial charge in [-0.3, -0.25) is 14.5 Å². The van der Waals surface area contributed by atoms with Crippen molar-refractivity contribution in [2.75, 3.05) is 24.5 Å². The van der Waals surface area contributed by atoms with E-state index in [0.717, 1.165) is 5.56 Å². The second-order valence-electron chi connectivity index (χ2n) is 5.05. The molecule has 1 heterocycles. The highest BCUT2D eigenvalue weighted by Crippen LogP contribution is 2.35. The molecule has 1 aromatic carbocycles. The van der Waals surface area contributed by atoms with Gasteiger partial charge in [-0.05, 0) is 31.0 Å². The monoisotopic (exact) mass is 291 g/mol. The molecular formula is C15H21N3O3. The number of benzene rings is 1. The van der Waals surface area contributed by atoms with E-state index in [4.69, 9.17) is 10.5 Å². The van der Waals surface area contributed by atoms with Crippen LogP contribution in [0.15, 0.2) is 18.2 Å². The number of carbonyl (C=O) groups excluding carboxylic acids is 2. The lowest BCUT2D eigenvalue weighted by Crippen LogP contribution is -2.50. The van der Waals surface area contributed by atoms with Crippen LogP contribution in [0.4, 0.5) is 5.69 Å². The highest BCUT2D eigenvalue weighted by atomic mass is 16.5. The number of hydrogen-bond donors (Lipinski definition) is 2. The number of nitrogens with two attached hydrogens (primary N) is 1. The minimum Gasteiger partial charge on any atom is -0.478 e. The van der Waals surface area contributed by atoms with E-state index in [2.05, 4.69) is 5.32 Å². The van der Waals surface area contributed by atoms with Gasteiger partial charge in [0, 0.05) is 13.1 Å². The number of anilines is 1. The van der Waals surface area contributed by atoms with Gasteiger partial charge in [-0.2, -0.15) is 0 Å². The van der Waals surface area contributed by atoms with E-state index in [1.807, 2.05) is 32.0 Å². The Labute approximate surface area is 124 Å². The zero-order valence-electron chi connectivity index (χ0n) is 12.4. The molecule has 0 aromatic heterocycles. The van der Waals surface area contributed by atoms with Gasteiger partial charge in [0.05, 0.1) is 5.69 Å². The molecule has 21 heavy (non-hydrogen) atoms. The molecule has 3 N–H and O–H groups in total. The number of nitrogens with one attached hydrogen (secondary N) is 1. The molecule has 0 bridgehead atoms. The summed E-state index contributed by atoms with van der Waals surface area (Å²) < 4.78 is 5.70. The van der Waals surface area contributed by atoms with Gasteiger partial charge in [0.1, 0.15) is 12.3 Å². The maximum Gasteiger partial charge on any atom is 0.268 e. The van der Waals surface area contributed by atoms with Crippen LogP contribution < -0.4 is 20.7 Å². The van der Waals surface area contributed by atoms with Crippen LogP contribution in [0.25, 0.3) is 0 Å². The molecule has 1 aliphatic rings. The van der Waals surface area contributed by atoms with Gasteiger partial charge in [-0.15, -0.1) is 0 Å². The molecular weight excluding hydrogens is 270 g/mol. The largest absolute Gasteiger partial charge is 0.478 e. The van der Waals surface area contributed by atoms with Gasteiger partial charge in [0.25, 0.3) is 5.91 Å². The number of amides is 2. The maximum atomic E-state index is 12.4. The third kappa shape index (κ3) is 3.33. The minimum atomic E-state index is -0.539. The molecule has 2 rings (SSSR count). The van der Waals surface area contributed by atoms with Crippen molar-refractivity contribution < 1.29 is 14.3 Å². The maximum absolute atomic E-state index is 12.4. The van der Waals surface area contributed by atoms with E-state index in [0.29, 0.717) is 30.9 Å². The van der Waals surface area contributed by atoms with E-state index >= 15 is 0 Å². The predicted octanol–water partition coefficient (Wildman–Crippen LogP) is 0.574. The minimum absolute atomic E-state index is 0.0187. The Morgan fingerprint density at radius 1 is 1.48 bits per heavy atom. The van der Waals surface area contributed by atoms with Crippen LogP contribution in [-0.4, -0.2) is 37.6 Å². The topological polar surface area (TPSA) is 84.7 Å². The third-order valence-corrected chi connectivity index (χ3v) is 3.35. The summed E-state index contributed by atoms with van der Waals surface area (Å²) in [4.78, 5) is 25.8. The quantitative estimate of drug-likeness (QED) is 0.831. The number of aryl methyl sites for hydroxylation is 1. The zero-order valence-corrected chi connectivity index (χ0v) is 12.4. The smallest absolute Gasteiger partial charge is 0.268 e. The molecule has 0 saturated carbocycles. The average molecular weight is 291 g/mol. The Hall–Kier alpha value is -2.08. The van der Waals surface area contributed by atoms with Crippen LogP contribution in [0.2, 0.25) is 0 Å². The van der Waals surface area contributed by atoms with Gasteiger partial charge in [-0.1, -0.05) is 13.0 Å². The van der Waals surface area contributed by atoms with E-state index in [-0.39, 0.29) is 18.4 Å². The molecule has 6 nitrogen and oxygen atoms in total. The van der Waals surface area contributed by atoms with Gasteiger partial charge in [-0.25, -0.2) is 0 Å². The summed E-state index contributed by atoms with van der Waals surface area (Å²) in [7, 11) is 0. The molecule has 0 saturated heterocycles. The van der Waals surface area contributed by atoms with Crippen molar-refractivity contribution in [2.24, 2.45) is 5.73 Å². The van der Waals surface area contributed by atoms with E-state index < -0.39 is 6.10 Å². The molecule has 114 valence electrons. The number of ether oxygens (including phenoxy) is 1. The Morgan fingerprint density at radius 3 is 2.90 bits per heavy atom. The van der Waals surface area contributed by atoms with Gasteiger partial charge >= 0.3 is 0 Å². The molecule has 0 radical (unpaired) electrons. The average Bonchev–Trinajstić information content (AvgIpc) is 2.48. The van der Waals surface area contributed by atoms with Crippen LogP contribution >= 0.6 is 0 Å². The first kappa shape index (κ1) is 15.3. The summed E-state index contributed by atoms with van der Waals surface area (Å²) in [6.07, 6.45) is 0.0232. The number of nitrogens with zero attached hydrogens (tertiary/aromatic N) is 1. The standard InChI is InChI=1S/C15H21N3O3/c1-3-12-15(20)18(9-14(19)17-7-6-16)11-8-10(2)4-5-13(11)21-12/h4-5,8,12H,3,6-7,9,16H2,1-2H3,(H,17,19). The zero-order chi connectivity index (χ0) is 15.4. The van der Waals surface area contributed by atoms with Crippen molar-refractivity contribution in [3.8, 4) is 5.75 Å². The van der Waals surface area contributed by atoms with Crippen molar-refractivity contribution in [1.29, 1.82) is 0 Å². The van der Waals surface area contributed by atoms with Crippen molar-refractivity contribution in [3.63, 3.8) is 0 Å². The first-order valence-electron chi connectivity index (χ1n) is 7.12. The summed E-state index contributed by atoms with van der Waals surface area (Å²) in [6, 6.07) is 5.62. The van der Waals surface area contributed by atoms with Crippen molar-refractivity contribution in [1.82, 2.24) is 5.32 Å². The lowest BCUT2D eigenvalue weighted by Gasteiger charge is -2.33. The Morgan fingerprint density at radius 2 is 2.24 bits per heavy atom. The van der Waals surface area contributed by atoms with Crippen LogP contribution in [0.3, 0.4) is 0 Å². The Balaban J connectivity index is 2.26. The molecule has 1 aliphatic heterocycles. The van der Waals surface area contributed by atoms with Gasteiger partial charge in [0.2, 0.25) is 5.91 Å². The lowest BCUT2D eigenvalue weighted by molar-refractivity contribution is -0.129. The number of fused-ring (bicyclic) bond motifs is 1. The second kappa shape index (κ2) is 6.58. The van der Waals surface area contributed by atoms with Crippen LogP contribution in [0.5, 0.6) is 5.75 Å². The van der Waals surface area contributed by atoms with E-state index in [9.17, 15) is 9.59 Å². The van der Waals surface area contributed by atoms with Crippen molar-refractivity contribution in [3.05, 3.63) is 23.8 Å². The molecule has 2 amide bonds. The molecule has 0 spiro atoms. The molecule has 0 fully saturated rings. The molecule has 6 heteroatoms.